The van der Waals surface area contributed by atoms with Crippen LogP contribution >= 0.6 is 0 Å². The molecule has 0 aliphatic heterocycles. The van der Waals surface area contributed by atoms with Gasteiger partial charge in [0.2, 0.25) is 0 Å². The van der Waals surface area contributed by atoms with Gasteiger partial charge < -0.3 is 14.1 Å². The van der Waals surface area contributed by atoms with Gasteiger partial charge >= 0.3 is 34.1 Å². The summed E-state index contributed by atoms with van der Waals surface area (Å²) in [7, 11) is -3.63. The Kier molecular flexibility index (Phi) is 24.4. The molecule has 0 rings (SSSR count). The summed E-state index contributed by atoms with van der Waals surface area (Å²) >= 11 is 0. The number of rotatable bonds is 0. The zero-order valence-electron chi connectivity index (χ0n) is 2.43. The van der Waals surface area contributed by atoms with E-state index in [-0.39, 0.29) is 34.1 Å². The molecular formula is Fe2O3Si+2. The first-order valence-electron chi connectivity index (χ1n) is 0.612. The topological polar surface area (TPSA) is 63.2 Å². The van der Waals surface area contributed by atoms with E-state index in [2.05, 4.69) is 0 Å². The first kappa shape index (κ1) is 15.9. The zero-order chi connectivity index (χ0) is 3.58. The van der Waals surface area contributed by atoms with Crippen molar-refractivity contribution in [1.29, 1.82) is 0 Å². The van der Waals surface area contributed by atoms with Crippen LogP contribution in [0.1, 0.15) is 0 Å². The SMILES string of the molecule is O=[Si]([O-])[O-].[Fe+2].[Fe+2]. The van der Waals surface area contributed by atoms with Crippen LogP contribution in [0.4, 0.5) is 0 Å². The van der Waals surface area contributed by atoms with Crippen LogP contribution in [0.5, 0.6) is 0 Å². The van der Waals surface area contributed by atoms with E-state index >= 15 is 0 Å². The molecule has 0 aliphatic rings. The van der Waals surface area contributed by atoms with E-state index in [1.165, 1.54) is 0 Å². The summed E-state index contributed by atoms with van der Waals surface area (Å²) in [6.45, 7) is 0. The van der Waals surface area contributed by atoms with Gasteiger partial charge in [0.25, 0.3) is 0 Å². The third kappa shape index (κ3) is 145. The number of hydrogen-bond donors (Lipinski definition) is 0. The van der Waals surface area contributed by atoms with Crippen molar-refractivity contribution in [2.45, 2.75) is 0 Å². The van der Waals surface area contributed by atoms with Crippen LogP contribution in [0.3, 0.4) is 0 Å². The van der Waals surface area contributed by atoms with Crippen molar-refractivity contribution >= 4 is 9.17 Å². The second-order valence-electron chi connectivity index (χ2n) is 0.250. The van der Waals surface area contributed by atoms with Gasteiger partial charge in [0.1, 0.15) is 0 Å². The minimum atomic E-state index is -3.63. The Morgan fingerprint density at radius 1 is 1.17 bits per heavy atom. The first-order chi connectivity index (χ1) is 1.73. The van der Waals surface area contributed by atoms with Crippen molar-refractivity contribution in [3.63, 3.8) is 0 Å². The molecule has 6 heavy (non-hydrogen) atoms. The summed E-state index contributed by atoms with van der Waals surface area (Å²) in [4.78, 5) is 17.0. The zero-order valence-corrected chi connectivity index (χ0v) is 5.64. The van der Waals surface area contributed by atoms with Gasteiger partial charge in [0.15, 0.2) is 0 Å². The maximum absolute atomic E-state index is 8.52. The summed E-state index contributed by atoms with van der Waals surface area (Å²) in [5, 5.41) is 0. The second kappa shape index (κ2) is 9.17. The third-order valence-electron chi connectivity index (χ3n) is 0. The molecule has 0 saturated heterocycles. The predicted octanol–water partition coefficient (Wildman–Crippen LogP) is -2.88. The Labute approximate surface area is 57.6 Å². The van der Waals surface area contributed by atoms with Gasteiger partial charge in [-0.1, -0.05) is 0 Å². The summed E-state index contributed by atoms with van der Waals surface area (Å²) in [6.07, 6.45) is 0. The molecule has 0 atom stereocenters. The van der Waals surface area contributed by atoms with Crippen LogP contribution in [0.15, 0.2) is 0 Å². The van der Waals surface area contributed by atoms with Gasteiger partial charge in [0, 0.05) is 9.17 Å². The average molecular weight is 188 g/mol. The smallest absolute Gasteiger partial charge is 0.672 e. The molecule has 0 saturated carbocycles. The standard InChI is InChI=1S/2Fe.O3Si/c;;1-4(2)3/q2*+2;-2. The monoisotopic (exact) mass is 188 g/mol. The number of hydrogen-bond acceptors (Lipinski definition) is 3. The largest absolute Gasteiger partial charge is 2.00 e. The molecule has 0 N–H and O–H groups in total. The molecule has 36 valence electrons. The Hall–Kier alpha value is 0.656. The van der Waals surface area contributed by atoms with Crippen molar-refractivity contribution < 1.29 is 48.2 Å². The van der Waals surface area contributed by atoms with Gasteiger partial charge in [-0.2, -0.15) is 0 Å². The van der Waals surface area contributed by atoms with E-state index in [4.69, 9.17) is 14.1 Å². The van der Waals surface area contributed by atoms with Gasteiger partial charge in [-0.25, -0.2) is 0 Å². The fourth-order valence-electron chi connectivity index (χ4n) is 0. The van der Waals surface area contributed by atoms with E-state index in [0.29, 0.717) is 0 Å². The van der Waals surface area contributed by atoms with Gasteiger partial charge in [-0.15, -0.1) is 0 Å². The molecule has 0 radical (unpaired) electrons. The first-order valence-corrected chi connectivity index (χ1v) is 1.84. The molecule has 0 spiro atoms. The molecule has 0 aromatic carbocycles. The van der Waals surface area contributed by atoms with E-state index in [9.17, 15) is 0 Å². The molecule has 0 unspecified atom stereocenters. The molecule has 0 amide bonds. The maximum Gasteiger partial charge on any atom is 2.00 e. The Morgan fingerprint density at radius 2 is 1.17 bits per heavy atom. The molecule has 0 aliphatic carbocycles. The third-order valence-corrected chi connectivity index (χ3v) is 0. The van der Waals surface area contributed by atoms with Crippen molar-refractivity contribution in [3.8, 4) is 0 Å². The van der Waals surface area contributed by atoms with E-state index in [1.54, 1.807) is 0 Å². The van der Waals surface area contributed by atoms with E-state index < -0.39 is 9.17 Å². The van der Waals surface area contributed by atoms with Crippen molar-refractivity contribution in [2.75, 3.05) is 0 Å². The Bertz CT molecular complexity index is 31.8. The molecule has 3 nitrogen and oxygen atoms in total. The van der Waals surface area contributed by atoms with Crippen LogP contribution in [-0.2, 0) is 38.6 Å². The second-order valence-corrected chi connectivity index (χ2v) is 0.750. The minimum Gasteiger partial charge on any atom is -0.672 e. The summed E-state index contributed by atoms with van der Waals surface area (Å²) in [6, 6.07) is 0. The molecule has 6 heteroatoms. The predicted molar refractivity (Wildman–Crippen MR) is 6.44 cm³/mol. The van der Waals surface area contributed by atoms with Crippen molar-refractivity contribution in [1.82, 2.24) is 0 Å². The van der Waals surface area contributed by atoms with Crippen LogP contribution < -0.4 is 9.59 Å². The molecule has 0 fully saturated rings. The van der Waals surface area contributed by atoms with Crippen LogP contribution in [0.2, 0.25) is 0 Å². The molecule has 0 aromatic heterocycles. The Morgan fingerprint density at radius 3 is 1.17 bits per heavy atom. The average Bonchev–Trinajstić information content (AvgIpc) is 0.811. The quantitative estimate of drug-likeness (QED) is 0.383. The molecular weight excluding hydrogens is 188 g/mol. The fourth-order valence-corrected chi connectivity index (χ4v) is 0. The molecule has 0 bridgehead atoms. The summed E-state index contributed by atoms with van der Waals surface area (Å²) < 4.78 is 8.52. The summed E-state index contributed by atoms with van der Waals surface area (Å²) in [5.41, 5.74) is 0. The van der Waals surface area contributed by atoms with E-state index in [1.807, 2.05) is 0 Å². The maximum atomic E-state index is 8.52. The summed E-state index contributed by atoms with van der Waals surface area (Å²) in [5.74, 6) is 0. The fraction of sp³-hybridized carbons (Fsp3) is 0. The van der Waals surface area contributed by atoms with E-state index in [0.717, 1.165) is 0 Å². The van der Waals surface area contributed by atoms with Crippen LogP contribution in [-0.4, -0.2) is 9.17 Å². The van der Waals surface area contributed by atoms with Gasteiger partial charge in [-0.3, -0.25) is 0 Å². The normalized spacial score (nSPS) is 4.00. The van der Waals surface area contributed by atoms with Gasteiger partial charge in [0.05, 0.1) is 0 Å². The van der Waals surface area contributed by atoms with Gasteiger partial charge in [-0.05, 0) is 0 Å². The molecule has 0 heterocycles. The van der Waals surface area contributed by atoms with Crippen LogP contribution in [0.25, 0.3) is 0 Å². The van der Waals surface area contributed by atoms with Crippen LogP contribution in [0, 0.1) is 0 Å². The van der Waals surface area contributed by atoms with Crippen molar-refractivity contribution in [2.24, 2.45) is 0 Å². The Balaban J connectivity index is -0.0000000450. The molecule has 0 aromatic rings. The minimum absolute atomic E-state index is 0. The van der Waals surface area contributed by atoms with Crippen molar-refractivity contribution in [3.05, 3.63) is 0 Å².